The molecule has 13 heavy (non-hydrogen) atoms. The lowest BCUT2D eigenvalue weighted by Gasteiger charge is -1.99. The van der Waals surface area contributed by atoms with Crippen molar-refractivity contribution in [3.63, 3.8) is 0 Å². The number of carboxylic acids is 1. The van der Waals surface area contributed by atoms with Crippen LogP contribution in [0.4, 0.5) is 0 Å². The molecule has 0 aliphatic carbocycles. The Balaban J connectivity index is 0. The lowest BCUT2D eigenvalue weighted by atomic mass is 10.5. The largest absolute Gasteiger partial charge is 0.481 e. The maximum atomic E-state index is 10.5. The smallest absolute Gasteiger partial charge is 0.332 e. The van der Waals surface area contributed by atoms with Crippen LogP contribution in [-0.4, -0.2) is 37.4 Å². The van der Waals surface area contributed by atoms with E-state index in [-0.39, 0.29) is 12.6 Å². The van der Waals surface area contributed by atoms with Crippen molar-refractivity contribution in [2.75, 3.05) is 20.3 Å². The van der Waals surface area contributed by atoms with Gasteiger partial charge in [-0.3, -0.25) is 4.79 Å². The lowest BCUT2D eigenvalue weighted by Crippen LogP contribution is -2.11. The third-order valence-corrected chi connectivity index (χ3v) is 0.729. The van der Waals surface area contributed by atoms with Gasteiger partial charge in [-0.2, -0.15) is 0 Å². The molecular weight excluding hydrogens is 176 g/mol. The Labute approximate surface area is 77.6 Å². The number of rotatable bonds is 4. The Bertz CT molecular complexity index is 139. The van der Waals surface area contributed by atoms with E-state index in [1.165, 1.54) is 7.11 Å². The highest BCUT2D eigenvalue weighted by molar-refractivity contribution is 5.70. The van der Waals surface area contributed by atoms with E-state index in [2.05, 4.69) is 9.47 Å². The predicted octanol–water partition coefficient (Wildman–Crippen LogP) is 0.677. The zero-order valence-electron chi connectivity index (χ0n) is 8.20. The number of ether oxygens (including phenoxy) is 2. The van der Waals surface area contributed by atoms with E-state index in [1.807, 2.05) is 6.92 Å². The second kappa shape index (κ2) is 10.9. The van der Waals surface area contributed by atoms with Gasteiger partial charge in [-0.05, 0) is 6.42 Å². The minimum atomic E-state index is -0.833. The normalized spacial score (nSPS) is 8.23. The van der Waals surface area contributed by atoms with Crippen molar-refractivity contribution in [3.05, 3.63) is 0 Å². The average molecular weight is 192 g/mol. The van der Waals surface area contributed by atoms with Crippen LogP contribution < -0.4 is 0 Å². The van der Waals surface area contributed by atoms with Crippen LogP contribution >= 0.6 is 0 Å². The predicted molar refractivity (Wildman–Crippen MR) is 46.4 cm³/mol. The lowest BCUT2D eigenvalue weighted by molar-refractivity contribution is -0.147. The van der Waals surface area contributed by atoms with Gasteiger partial charge in [-0.25, -0.2) is 4.79 Å². The molecular formula is C8H16O5. The van der Waals surface area contributed by atoms with Crippen LogP contribution in [0, 0.1) is 0 Å². The van der Waals surface area contributed by atoms with Gasteiger partial charge < -0.3 is 14.6 Å². The van der Waals surface area contributed by atoms with Crippen molar-refractivity contribution in [1.82, 2.24) is 0 Å². The molecule has 5 heteroatoms. The Morgan fingerprint density at radius 2 is 1.85 bits per heavy atom. The molecule has 0 aromatic carbocycles. The minimum Gasteiger partial charge on any atom is -0.481 e. The second-order valence-corrected chi connectivity index (χ2v) is 2.17. The molecule has 0 aliphatic rings. The summed E-state index contributed by atoms with van der Waals surface area (Å²) in [5.41, 5.74) is 0. The highest BCUT2D eigenvalue weighted by atomic mass is 16.6. The summed E-state index contributed by atoms with van der Waals surface area (Å²) in [5, 5.41) is 7.42. The van der Waals surface area contributed by atoms with Crippen LogP contribution in [0.2, 0.25) is 0 Å². The maximum absolute atomic E-state index is 10.5. The quantitative estimate of drug-likeness (QED) is 0.663. The number of esters is 1. The van der Waals surface area contributed by atoms with E-state index in [9.17, 15) is 4.79 Å². The molecule has 0 aromatic rings. The first kappa shape index (κ1) is 14.4. The minimum absolute atomic E-state index is 0.0556. The SMILES string of the molecule is CC(=O)O.CCCOC(=O)COC. The number of hydrogen-bond acceptors (Lipinski definition) is 4. The van der Waals surface area contributed by atoms with Gasteiger partial charge in [0.2, 0.25) is 0 Å². The van der Waals surface area contributed by atoms with E-state index in [0.717, 1.165) is 13.3 Å². The Morgan fingerprint density at radius 1 is 1.38 bits per heavy atom. The molecule has 0 unspecified atom stereocenters. The van der Waals surface area contributed by atoms with Crippen molar-refractivity contribution >= 4 is 11.9 Å². The van der Waals surface area contributed by atoms with Gasteiger partial charge in [0.25, 0.3) is 5.97 Å². The molecule has 5 nitrogen and oxygen atoms in total. The van der Waals surface area contributed by atoms with Gasteiger partial charge >= 0.3 is 5.97 Å². The van der Waals surface area contributed by atoms with Gasteiger partial charge in [0, 0.05) is 14.0 Å². The molecule has 78 valence electrons. The molecule has 0 rings (SSSR count). The fourth-order valence-electron chi connectivity index (χ4n) is 0.375. The van der Waals surface area contributed by atoms with E-state index < -0.39 is 5.97 Å². The third kappa shape index (κ3) is 24.8. The molecule has 0 aromatic heterocycles. The number of carbonyl (C=O) groups excluding carboxylic acids is 1. The molecule has 0 saturated heterocycles. The van der Waals surface area contributed by atoms with Crippen LogP contribution in [0.25, 0.3) is 0 Å². The average Bonchev–Trinajstić information content (AvgIpc) is 2.00. The van der Waals surface area contributed by atoms with Gasteiger partial charge in [-0.15, -0.1) is 0 Å². The molecule has 0 fully saturated rings. The van der Waals surface area contributed by atoms with Crippen molar-refractivity contribution in [2.45, 2.75) is 20.3 Å². The first-order valence-corrected chi connectivity index (χ1v) is 3.88. The van der Waals surface area contributed by atoms with Crippen molar-refractivity contribution in [3.8, 4) is 0 Å². The summed E-state index contributed by atoms with van der Waals surface area (Å²) in [7, 11) is 1.47. The van der Waals surface area contributed by atoms with Crippen LogP contribution in [-0.2, 0) is 19.1 Å². The summed E-state index contributed by atoms with van der Waals surface area (Å²) in [6.45, 7) is 3.57. The van der Waals surface area contributed by atoms with Crippen molar-refractivity contribution < 1.29 is 24.2 Å². The monoisotopic (exact) mass is 192 g/mol. The summed E-state index contributed by atoms with van der Waals surface area (Å²) >= 11 is 0. The molecule has 1 N–H and O–H groups in total. The number of carboxylic acid groups (broad SMARTS) is 1. The number of aliphatic carboxylic acids is 1. The summed E-state index contributed by atoms with van der Waals surface area (Å²) in [5.74, 6) is -1.13. The summed E-state index contributed by atoms with van der Waals surface area (Å²) in [4.78, 5) is 19.5. The zero-order chi connectivity index (χ0) is 10.7. The van der Waals surface area contributed by atoms with Crippen molar-refractivity contribution in [2.24, 2.45) is 0 Å². The Hall–Kier alpha value is -1.10. The number of hydrogen-bond donors (Lipinski definition) is 1. The van der Waals surface area contributed by atoms with Gasteiger partial charge in [0.15, 0.2) is 0 Å². The first-order chi connectivity index (χ1) is 6.04. The molecule has 0 aliphatic heterocycles. The topological polar surface area (TPSA) is 72.8 Å². The third-order valence-electron chi connectivity index (χ3n) is 0.729. The highest BCUT2D eigenvalue weighted by Crippen LogP contribution is 1.81. The fourth-order valence-corrected chi connectivity index (χ4v) is 0.375. The second-order valence-electron chi connectivity index (χ2n) is 2.17. The Morgan fingerprint density at radius 3 is 2.15 bits per heavy atom. The Kier molecular flexibility index (Phi) is 12.1. The molecule has 0 radical (unpaired) electrons. The number of methoxy groups -OCH3 is 1. The highest BCUT2D eigenvalue weighted by Gasteiger charge is 1.97. The van der Waals surface area contributed by atoms with E-state index in [4.69, 9.17) is 9.90 Å². The molecule has 0 heterocycles. The summed E-state index contributed by atoms with van der Waals surface area (Å²) < 4.78 is 9.19. The van der Waals surface area contributed by atoms with Crippen molar-refractivity contribution in [1.29, 1.82) is 0 Å². The van der Waals surface area contributed by atoms with E-state index in [0.29, 0.717) is 6.61 Å². The van der Waals surface area contributed by atoms with Gasteiger partial charge in [0.1, 0.15) is 6.61 Å². The maximum Gasteiger partial charge on any atom is 0.332 e. The first-order valence-electron chi connectivity index (χ1n) is 3.88. The fraction of sp³-hybridized carbons (Fsp3) is 0.750. The van der Waals surface area contributed by atoms with Gasteiger partial charge in [-0.1, -0.05) is 6.92 Å². The molecule has 0 atom stereocenters. The molecule has 0 saturated carbocycles. The molecule has 0 amide bonds. The van der Waals surface area contributed by atoms with Crippen LogP contribution in [0.5, 0.6) is 0 Å². The van der Waals surface area contributed by atoms with Crippen LogP contribution in [0.15, 0.2) is 0 Å². The molecule has 0 bridgehead atoms. The van der Waals surface area contributed by atoms with E-state index in [1.54, 1.807) is 0 Å². The van der Waals surface area contributed by atoms with Crippen LogP contribution in [0.1, 0.15) is 20.3 Å². The van der Waals surface area contributed by atoms with Gasteiger partial charge in [0.05, 0.1) is 6.61 Å². The zero-order valence-corrected chi connectivity index (χ0v) is 8.20. The van der Waals surface area contributed by atoms with E-state index >= 15 is 0 Å². The summed E-state index contributed by atoms with van der Waals surface area (Å²) in [6, 6.07) is 0. The summed E-state index contributed by atoms with van der Waals surface area (Å²) in [6.07, 6.45) is 0.857. The van der Waals surface area contributed by atoms with Crippen LogP contribution in [0.3, 0.4) is 0 Å². The standard InChI is InChI=1S/C6H12O3.C2H4O2/c1-3-4-9-6(7)5-8-2;1-2(3)4/h3-5H2,1-2H3;1H3,(H,3,4). The number of carbonyl (C=O) groups is 2. The molecule has 0 spiro atoms.